The molecular weight excluding hydrogens is 437 g/mol. The molecule has 7 heteroatoms. The summed E-state index contributed by atoms with van der Waals surface area (Å²) >= 11 is 0. The van der Waals surface area contributed by atoms with Gasteiger partial charge in [-0.25, -0.2) is 4.39 Å². The third-order valence-electron chi connectivity index (χ3n) is 5.16. The number of unbranched alkanes of at least 4 members (excludes halogenated alkanes) is 2. The first-order valence-corrected chi connectivity index (χ1v) is 11.2. The van der Waals surface area contributed by atoms with Gasteiger partial charge in [0.25, 0.3) is 5.91 Å². The quantitative estimate of drug-likeness (QED) is 0.321. The summed E-state index contributed by atoms with van der Waals surface area (Å²) in [7, 11) is 0. The Morgan fingerprint density at radius 1 is 1.12 bits per heavy atom. The monoisotopic (exact) mass is 469 g/mol. The standard InChI is InChI=1S/C27H30FNO5/c1-19(2)29(27(32)22-14-13-20(17-23(22)28)24-11-8-16-34-24)18-21-9-5-6-10-25(21)33-15-7-3-4-12-26(30)31/h5-6,8-11,13-14,16-17,19H,3-4,7,12,15,18H2,1-2H3,(H,30,31)/i18D2. The Morgan fingerprint density at radius 3 is 2.59 bits per heavy atom. The van der Waals surface area contributed by atoms with Crippen LogP contribution in [0.1, 0.15) is 58.2 Å². The van der Waals surface area contributed by atoms with Crippen molar-refractivity contribution in [3.05, 3.63) is 77.8 Å². The number of rotatable bonds is 12. The van der Waals surface area contributed by atoms with Crippen molar-refractivity contribution in [1.82, 2.24) is 4.90 Å². The van der Waals surface area contributed by atoms with E-state index in [0.29, 0.717) is 30.6 Å². The molecule has 180 valence electrons. The lowest BCUT2D eigenvalue weighted by Gasteiger charge is -2.28. The second-order valence-corrected chi connectivity index (χ2v) is 8.10. The number of carboxylic acid groups (broad SMARTS) is 1. The van der Waals surface area contributed by atoms with Crippen LogP contribution in [-0.4, -0.2) is 34.5 Å². The number of halogens is 1. The number of para-hydroxylation sites is 1. The second kappa shape index (κ2) is 12.0. The SMILES string of the molecule is [2H]C([2H])(c1ccccc1OCCCCCC(=O)O)N(C(=O)c1ccc(-c2ccco2)cc1F)C(C)C. The number of amides is 1. The Hall–Kier alpha value is -3.61. The van der Waals surface area contributed by atoms with Crippen molar-refractivity contribution in [2.24, 2.45) is 0 Å². The average molecular weight is 470 g/mol. The van der Waals surface area contributed by atoms with E-state index in [4.69, 9.17) is 17.0 Å². The highest BCUT2D eigenvalue weighted by atomic mass is 19.1. The number of hydrogen-bond acceptors (Lipinski definition) is 4. The molecule has 0 unspecified atom stereocenters. The molecule has 0 radical (unpaired) electrons. The molecule has 0 saturated heterocycles. The molecule has 3 aromatic rings. The first-order valence-electron chi connectivity index (χ1n) is 12.2. The molecule has 0 bridgehead atoms. The van der Waals surface area contributed by atoms with Crippen molar-refractivity contribution in [1.29, 1.82) is 0 Å². The van der Waals surface area contributed by atoms with E-state index in [0.717, 1.165) is 4.90 Å². The maximum absolute atomic E-state index is 15.0. The van der Waals surface area contributed by atoms with E-state index in [1.165, 1.54) is 18.4 Å². The van der Waals surface area contributed by atoms with Crippen molar-refractivity contribution >= 4 is 11.9 Å². The zero-order chi connectivity index (χ0) is 26.3. The molecule has 1 aromatic heterocycles. The fourth-order valence-electron chi connectivity index (χ4n) is 3.38. The summed E-state index contributed by atoms with van der Waals surface area (Å²) in [6, 6.07) is 13.4. The third-order valence-corrected chi connectivity index (χ3v) is 5.16. The number of carbonyl (C=O) groups is 2. The zero-order valence-electron chi connectivity index (χ0n) is 21.3. The van der Waals surface area contributed by atoms with Crippen LogP contribution in [0, 0.1) is 5.82 Å². The molecule has 0 spiro atoms. The van der Waals surface area contributed by atoms with Crippen molar-refractivity contribution in [3.63, 3.8) is 0 Å². The molecule has 2 aromatic carbocycles. The van der Waals surface area contributed by atoms with Crippen molar-refractivity contribution in [2.75, 3.05) is 6.61 Å². The smallest absolute Gasteiger partial charge is 0.303 e. The van der Waals surface area contributed by atoms with Gasteiger partial charge >= 0.3 is 5.97 Å². The molecule has 0 fully saturated rings. The van der Waals surface area contributed by atoms with Crippen LogP contribution >= 0.6 is 0 Å². The summed E-state index contributed by atoms with van der Waals surface area (Å²) in [5.74, 6) is -1.69. The summed E-state index contributed by atoms with van der Waals surface area (Å²) in [4.78, 5) is 25.1. The Labute approximate surface area is 201 Å². The lowest BCUT2D eigenvalue weighted by Crippen LogP contribution is -2.37. The Morgan fingerprint density at radius 2 is 1.91 bits per heavy atom. The maximum atomic E-state index is 15.0. The minimum Gasteiger partial charge on any atom is -0.493 e. The molecule has 3 rings (SSSR count). The van der Waals surface area contributed by atoms with E-state index in [9.17, 15) is 9.59 Å². The maximum Gasteiger partial charge on any atom is 0.303 e. The minimum atomic E-state index is -2.31. The first-order chi connectivity index (χ1) is 17.1. The molecule has 0 atom stereocenters. The number of hydrogen-bond donors (Lipinski definition) is 1. The highest BCUT2D eigenvalue weighted by Gasteiger charge is 2.23. The predicted molar refractivity (Wildman–Crippen MR) is 127 cm³/mol. The summed E-state index contributed by atoms with van der Waals surface area (Å²) in [5, 5.41) is 8.74. The highest BCUT2D eigenvalue weighted by Crippen LogP contribution is 2.26. The molecule has 1 heterocycles. The molecule has 0 aliphatic carbocycles. The zero-order valence-corrected chi connectivity index (χ0v) is 19.3. The summed E-state index contributed by atoms with van der Waals surface area (Å²) in [5.41, 5.74) is 0.361. The van der Waals surface area contributed by atoms with Gasteiger partial charge in [0.15, 0.2) is 0 Å². The van der Waals surface area contributed by atoms with Gasteiger partial charge in [0, 0.05) is 30.1 Å². The topological polar surface area (TPSA) is 80.0 Å². The van der Waals surface area contributed by atoms with Gasteiger partial charge in [0.05, 0.1) is 21.2 Å². The molecule has 6 nitrogen and oxygen atoms in total. The lowest BCUT2D eigenvalue weighted by atomic mass is 10.1. The lowest BCUT2D eigenvalue weighted by molar-refractivity contribution is -0.137. The van der Waals surface area contributed by atoms with Gasteiger partial charge in [-0.15, -0.1) is 0 Å². The summed E-state index contributed by atoms with van der Waals surface area (Å²) in [6.07, 6.45) is 3.34. The summed E-state index contributed by atoms with van der Waals surface area (Å²) < 4.78 is 43.9. The van der Waals surface area contributed by atoms with Crippen LogP contribution in [0.4, 0.5) is 4.39 Å². The van der Waals surface area contributed by atoms with Gasteiger partial charge in [-0.05, 0) is 63.4 Å². The van der Waals surface area contributed by atoms with E-state index in [2.05, 4.69) is 0 Å². The van der Waals surface area contributed by atoms with Crippen LogP contribution in [0.2, 0.25) is 0 Å². The Balaban J connectivity index is 1.82. The number of furan rings is 1. The van der Waals surface area contributed by atoms with Crippen molar-refractivity contribution in [2.45, 2.75) is 52.1 Å². The van der Waals surface area contributed by atoms with E-state index < -0.39 is 30.2 Å². The minimum absolute atomic E-state index is 0.0870. The van der Waals surface area contributed by atoms with Crippen LogP contribution in [0.5, 0.6) is 5.75 Å². The van der Waals surface area contributed by atoms with Gasteiger partial charge in [0.2, 0.25) is 0 Å². The number of aliphatic carboxylic acids is 1. The molecule has 0 aliphatic rings. The fraction of sp³-hybridized carbons (Fsp3) is 0.333. The van der Waals surface area contributed by atoms with E-state index in [-0.39, 0.29) is 29.9 Å². The number of benzene rings is 2. The van der Waals surface area contributed by atoms with Gasteiger partial charge in [-0.2, -0.15) is 0 Å². The van der Waals surface area contributed by atoms with Crippen LogP contribution in [0.15, 0.2) is 65.3 Å². The van der Waals surface area contributed by atoms with Gasteiger partial charge in [0.1, 0.15) is 17.3 Å². The Bertz CT molecular complexity index is 1180. The van der Waals surface area contributed by atoms with E-state index >= 15 is 4.39 Å². The molecular formula is C27H30FNO5. The fourth-order valence-corrected chi connectivity index (χ4v) is 3.38. The normalized spacial score (nSPS) is 12.2. The van der Waals surface area contributed by atoms with Crippen LogP contribution < -0.4 is 4.74 Å². The molecule has 1 amide bonds. The number of carboxylic acids is 1. The van der Waals surface area contributed by atoms with Crippen molar-refractivity contribution < 1.29 is 31.0 Å². The average Bonchev–Trinajstić information content (AvgIpc) is 3.36. The number of carbonyl (C=O) groups excluding carboxylic acids is 1. The van der Waals surface area contributed by atoms with Crippen LogP contribution in [0.3, 0.4) is 0 Å². The molecule has 34 heavy (non-hydrogen) atoms. The number of nitrogens with zero attached hydrogens (tertiary/aromatic N) is 1. The van der Waals surface area contributed by atoms with E-state index in [1.54, 1.807) is 56.3 Å². The molecule has 0 aliphatic heterocycles. The third kappa shape index (κ3) is 6.70. The van der Waals surface area contributed by atoms with Gasteiger partial charge in [-0.1, -0.05) is 24.3 Å². The van der Waals surface area contributed by atoms with Gasteiger partial charge < -0.3 is 19.2 Å². The van der Waals surface area contributed by atoms with Crippen LogP contribution in [0.25, 0.3) is 11.3 Å². The summed E-state index contributed by atoms with van der Waals surface area (Å²) in [6.45, 7) is 1.29. The molecule has 1 N–H and O–H groups in total. The largest absolute Gasteiger partial charge is 0.493 e. The van der Waals surface area contributed by atoms with Crippen LogP contribution in [-0.2, 0) is 11.3 Å². The first kappa shape index (κ1) is 22.2. The predicted octanol–water partition coefficient (Wildman–Crippen LogP) is 6.16. The van der Waals surface area contributed by atoms with Gasteiger partial charge in [-0.3, -0.25) is 9.59 Å². The molecule has 0 saturated carbocycles. The Kier molecular flexibility index (Phi) is 7.85. The van der Waals surface area contributed by atoms with Crippen molar-refractivity contribution in [3.8, 4) is 17.1 Å². The number of ether oxygens (including phenoxy) is 1. The van der Waals surface area contributed by atoms with E-state index in [1.807, 2.05) is 0 Å². The highest BCUT2D eigenvalue weighted by molar-refractivity contribution is 5.95. The second-order valence-electron chi connectivity index (χ2n) is 8.10.